The molecule has 1 aromatic heterocycles. The van der Waals surface area contributed by atoms with Gasteiger partial charge in [-0.15, -0.1) is 10.2 Å². The van der Waals surface area contributed by atoms with Crippen LogP contribution in [0.3, 0.4) is 0 Å². The summed E-state index contributed by atoms with van der Waals surface area (Å²) in [6.07, 6.45) is 0. The molecule has 0 saturated heterocycles. The lowest BCUT2D eigenvalue weighted by molar-refractivity contribution is -0.122. The molecule has 0 atom stereocenters. The van der Waals surface area contributed by atoms with Gasteiger partial charge in [0.05, 0.1) is 0 Å². The first-order valence-electron chi connectivity index (χ1n) is 8.31. The molecular formula is C18H17N7O2S. The van der Waals surface area contributed by atoms with Gasteiger partial charge >= 0.3 is 0 Å². The molecule has 28 heavy (non-hydrogen) atoms. The van der Waals surface area contributed by atoms with E-state index in [0.717, 1.165) is 15.9 Å². The average molecular weight is 395 g/mol. The summed E-state index contributed by atoms with van der Waals surface area (Å²) in [5, 5.41) is 14.3. The Balaban J connectivity index is 1.46. The first-order chi connectivity index (χ1) is 13.5. The number of thiocarbonyl (C=S) groups is 1. The largest absolute Gasteiger partial charge is 0.298 e. The number of aryl methyl sites for hydroxylation is 1. The van der Waals surface area contributed by atoms with Crippen molar-refractivity contribution in [3.8, 4) is 11.4 Å². The number of hydrogen-bond donors (Lipinski definition) is 3. The molecule has 1 heterocycles. The zero-order valence-electron chi connectivity index (χ0n) is 14.9. The summed E-state index contributed by atoms with van der Waals surface area (Å²) in [5.41, 5.74) is 7.14. The smallest absolute Gasteiger partial charge is 0.262 e. The maximum absolute atomic E-state index is 12.1. The van der Waals surface area contributed by atoms with Crippen molar-refractivity contribution in [1.82, 2.24) is 36.4 Å². The van der Waals surface area contributed by atoms with Crippen LogP contribution in [0.25, 0.3) is 11.4 Å². The minimum absolute atomic E-state index is 0.0320. The molecule has 0 unspecified atom stereocenters. The van der Waals surface area contributed by atoms with Crippen LogP contribution in [0.4, 0.5) is 0 Å². The van der Waals surface area contributed by atoms with Gasteiger partial charge in [-0.25, -0.2) is 0 Å². The van der Waals surface area contributed by atoms with E-state index in [1.54, 1.807) is 12.1 Å². The second kappa shape index (κ2) is 8.82. The quantitative estimate of drug-likeness (QED) is 0.446. The molecule has 0 fully saturated rings. The molecule has 0 aliphatic carbocycles. The van der Waals surface area contributed by atoms with Crippen LogP contribution < -0.4 is 16.2 Å². The van der Waals surface area contributed by atoms with E-state index in [-0.39, 0.29) is 17.6 Å². The van der Waals surface area contributed by atoms with Crippen molar-refractivity contribution < 1.29 is 9.59 Å². The highest BCUT2D eigenvalue weighted by Gasteiger charge is 2.11. The molecule has 2 aromatic carbocycles. The molecule has 142 valence electrons. The number of amides is 2. The van der Waals surface area contributed by atoms with Crippen LogP contribution in [0.2, 0.25) is 0 Å². The molecule has 3 aromatic rings. The Morgan fingerprint density at radius 3 is 2.46 bits per heavy atom. The number of tetrazole rings is 1. The Kier molecular flexibility index (Phi) is 6.02. The topological polar surface area (TPSA) is 114 Å². The fraction of sp³-hybridized carbons (Fsp3) is 0.111. The van der Waals surface area contributed by atoms with Crippen molar-refractivity contribution in [2.24, 2.45) is 0 Å². The van der Waals surface area contributed by atoms with E-state index in [9.17, 15) is 9.59 Å². The maximum Gasteiger partial charge on any atom is 0.262 e. The van der Waals surface area contributed by atoms with Crippen molar-refractivity contribution in [2.75, 3.05) is 0 Å². The second-order valence-electron chi connectivity index (χ2n) is 5.83. The summed E-state index contributed by atoms with van der Waals surface area (Å²) < 4.78 is 0. The normalized spacial score (nSPS) is 10.2. The van der Waals surface area contributed by atoms with E-state index in [2.05, 4.69) is 31.6 Å². The van der Waals surface area contributed by atoms with Gasteiger partial charge < -0.3 is 0 Å². The highest BCUT2D eigenvalue weighted by atomic mass is 32.1. The number of carbonyl (C=O) groups excluding carboxylic acids is 2. The Bertz CT molecular complexity index is 987. The van der Waals surface area contributed by atoms with E-state index in [1.807, 2.05) is 49.4 Å². The molecule has 10 heteroatoms. The van der Waals surface area contributed by atoms with Crippen LogP contribution in [0.15, 0.2) is 54.6 Å². The van der Waals surface area contributed by atoms with Gasteiger partial charge in [0.2, 0.25) is 5.82 Å². The van der Waals surface area contributed by atoms with Crippen LogP contribution in [0, 0.1) is 6.92 Å². The van der Waals surface area contributed by atoms with Gasteiger partial charge in [-0.05, 0) is 36.5 Å². The Morgan fingerprint density at radius 2 is 1.75 bits per heavy atom. The number of hydrazine groups is 1. The van der Waals surface area contributed by atoms with E-state index >= 15 is 0 Å². The zero-order chi connectivity index (χ0) is 19.9. The van der Waals surface area contributed by atoms with Gasteiger partial charge in [-0.1, -0.05) is 48.0 Å². The Hall–Kier alpha value is -3.66. The van der Waals surface area contributed by atoms with E-state index in [4.69, 9.17) is 12.2 Å². The molecule has 9 nitrogen and oxygen atoms in total. The number of aromatic nitrogens is 4. The molecule has 0 radical (unpaired) electrons. The lowest BCUT2D eigenvalue weighted by Gasteiger charge is -2.10. The zero-order valence-corrected chi connectivity index (χ0v) is 15.7. The van der Waals surface area contributed by atoms with Crippen LogP contribution in [-0.2, 0) is 11.3 Å². The fourth-order valence-corrected chi connectivity index (χ4v) is 2.36. The molecule has 0 aliphatic rings. The minimum Gasteiger partial charge on any atom is -0.298 e. The maximum atomic E-state index is 12.1. The molecule has 0 spiro atoms. The number of nitrogens with one attached hydrogen (secondary N) is 3. The predicted molar refractivity (Wildman–Crippen MR) is 106 cm³/mol. The molecule has 3 rings (SSSR count). The van der Waals surface area contributed by atoms with Gasteiger partial charge in [-0.2, -0.15) is 4.80 Å². The molecular weight excluding hydrogens is 378 g/mol. The first-order valence-corrected chi connectivity index (χ1v) is 8.72. The summed E-state index contributed by atoms with van der Waals surface area (Å²) in [6, 6.07) is 16.3. The summed E-state index contributed by atoms with van der Waals surface area (Å²) in [7, 11) is 0. The summed E-state index contributed by atoms with van der Waals surface area (Å²) in [5.74, 6) is -0.414. The monoisotopic (exact) mass is 395 g/mol. The van der Waals surface area contributed by atoms with Gasteiger partial charge in [0.15, 0.2) is 5.11 Å². The van der Waals surface area contributed by atoms with Gasteiger partial charge in [0.1, 0.15) is 6.54 Å². The SMILES string of the molecule is Cc1ccc(C(=O)NC(=S)NNC(=O)Cn2nnc(-c3ccccc3)n2)cc1. The van der Waals surface area contributed by atoms with Crippen molar-refractivity contribution in [2.45, 2.75) is 13.5 Å². The van der Waals surface area contributed by atoms with Gasteiger partial charge in [0, 0.05) is 11.1 Å². The second-order valence-corrected chi connectivity index (χ2v) is 6.24. The van der Waals surface area contributed by atoms with Gasteiger partial charge in [-0.3, -0.25) is 25.8 Å². The fourth-order valence-electron chi connectivity index (χ4n) is 2.22. The number of benzene rings is 2. The van der Waals surface area contributed by atoms with E-state index in [1.165, 1.54) is 0 Å². The molecule has 0 bridgehead atoms. The Labute approximate surface area is 166 Å². The van der Waals surface area contributed by atoms with Crippen LogP contribution in [0.1, 0.15) is 15.9 Å². The van der Waals surface area contributed by atoms with E-state index in [0.29, 0.717) is 11.4 Å². The molecule has 0 saturated carbocycles. The van der Waals surface area contributed by atoms with Crippen LogP contribution in [0.5, 0.6) is 0 Å². The first kappa shape index (κ1) is 19.1. The minimum atomic E-state index is -0.455. The van der Waals surface area contributed by atoms with Crippen molar-refractivity contribution >= 4 is 29.1 Å². The highest BCUT2D eigenvalue weighted by Crippen LogP contribution is 2.11. The number of nitrogens with zero attached hydrogens (tertiary/aromatic N) is 4. The third kappa shape index (κ3) is 5.17. The molecule has 0 aliphatic heterocycles. The number of rotatable bonds is 4. The van der Waals surface area contributed by atoms with Crippen molar-refractivity contribution in [1.29, 1.82) is 0 Å². The van der Waals surface area contributed by atoms with Crippen molar-refractivity contribution in [3.63, 3.8) is 0 Å². The van der Waals surface area contributed by atoms with E-state index < -0.39 is 5.91 Å². The summed E-state index contributed by atoms with van der Waals surface area (Å²) >= 11 is 5.00. The molecule has 3 N–H and O–H groups in total. The third-order valence-corrected chi connectivity index (χ3v) is 3.83. The third-order valence-electron chi connectivity index (χ3n) is 3.63. The predicted octanol–water partition coefficient (Wildman–Crippen LogP) is 0.984. The Morgan fingerprint density at radius 1 is 1.04 bits per heavy atom. The summed E-state index contributed by atoms with van der Waals surface area (Å²) in [6.45, 7) is 1.76. The van der Waals surface area contributed by atoms with Gasteiger partial charge in [0.25, 0.3) is 11.8 Å². The van der Waals surface area contributed by atoms with Crippen LogP contribution in [-0.4, -0.2) is 37.1 Å². The molecule has 2 amide bonds. The highest BCUT2D eigenvalue weighted by molar-refractivity contribution is 7.80. The standard InChI is InChI=1S/C18H17N7O2S/c1-12-7-9-14(10-8-12)17(27)19-18(28)22-20-15(26)11-25-23-16(21-24-25)13-5-3-2-4-6-13/h2-10H,11H2,1H3,(H,20,26)(H2,19,22,27,28). The number of carbonyl (C=O) groups is 2. The number of hydrogen-bond acceptors (Lipinski definition) is 6. The summed E-state index contributed by atoms with van der Waals surface area (Å²) in [4.78, 5) is 25.2. The average Bonchev–Trinajstić information content (AvgIpc) is 3.16. The van der Waals surface area contributed by atoms with Crippen molar-refractivity contribution in [3.05, 3.63) is 65.7 Å². The lowest BCUT2D eigenvalue weighted by atomic mass is 10.1. The van der Waals surface area contributed by atoms with Crippen LogP contribution >= 0.6 is 12.2 Å². The lowest BCUT2D eigenvalue weighted by Crippen LogP contribution is -2.49.